The molecular weight excluding hydrogens is 250 g/mol. The van der Waals surface area contributed by atoms with Crippen molar-refractivity contribution in [3.05, 3.63) is 0 Å². The smallest absolute Gasteiger partial charge is 0.326 e. The summed E-state index contributed by atoms with van der Waals surface area (Å²) in [5.74, 6) is -2.93. The zero-order chi connectivity index (χ0) is 15.2. The maximum absolute atomic E-state index is 11.9. The summed E-state index contributed by atoms with van der Waals surface area (Å²) in [6.45, 7) is 6.79. The van der Waals surface area contributed by atoms with Crippen molar-refractivity contribution in [1.82, 2.24) is 5.32 Å². The monoisotopic (exact) mass is 273 g/mol. The van der Waals surface area contributed by atoms with Crippen LogP contribution in [0.15, 0.2) is 0 Å². The quantitative estimate of drug-likeness (QED) is 0.621. The first-order valence-electron chi connectivity index (χ1n) is 6.45. The highest BCUT2D eigenvalue weighted by Crippen LogP contribution is 2.31. The van der Waals surface area contributed by atoms with Gasteiger partial charge in [-0.25, -0.2) is 4.79 Å². The molecule has 0 radical (unpaired) electrons. The summed E-state index contributed by atoms with van der Waals surface area (Å²) in [6.07, 6.45) is 0.448. The number of carbonyl (C=O) groups is 3. The molecule has 1 unspecified atom stereocenters. The average Bonchev–Trinajstić information content (AvgIpc) is 2.31. The lowest BCUT2D eigenvalue weighted by Crippen LogP contribution is -2.46. The minimum atomic E-state index is -1.12. The van der Waals surface area contributed by atoms with Crippen LogP contribution in [0.3, 0.4) is 0 Å². The van der Waals surface area contributed by atoms with Gasteiger partial charge in [0, 0.05) is 6.42 Å². The largest absolute Gasteiger partial charge is 0.481 e. The first-order chi connectivity index (χ1) is 8.70. The Balaban J connectivity index is 4.85. The van der Waals surface area contributed by atoms with Gasteiger partial charge in [0.2, 0.25) is 5.91 Å². The molecule has 0 heterocycles. The predicted molar refractivity (Wildman–Crippen MR) is 69.7 cm³/mol. The second-order valence-electron chi connectivity index (χ2n) is 5.10. The van der Waals surface area contributed by atoms with Crippen LogP contribution in [0.4, 0.5) is 0 Å². The van der Waals surface area contributed by atoms with E-state index in [1.807, 2.05) is 0 Å². The topological polar surface area (TPSA) is 104 Å². The third-order valence-electron chi connectivity index (χ3n) is 3.56. The number of carboxylic acid groups (broad SMARTS) is 2. The molecule has 0 spiro atoms. The molecule has 6 heteroatoms. The summed E-state index contributed by atoms with van der Waals surface area (Å²) in [5.41, 5.74) is -1.12. The number of aliphatic carboxylic acids is 2. The fourth-order valence-corrected chi connectivity index (χ4v) is 1.92. The van der Waals surface area contributed by atoms with E-state index in [2.05, 4.69) is 5.32 Å². The van der Waals surface area contributed by atoms with Crippen molar-refractivity contribution < 1.29 is 24.6 Å². The Morgan fingerprint density at radius 1 is 1.11 bits per heavy atom. The van der Waals surface area contributed by atoms with Crippen molar-refractivity contribution in [2.24, 2.45) is 11.3 Å². The maximum atomic E-state index is 11.9. The molecule has 0 aliphatic carbocycles. The minimum absolute atomic E-state index is 0.203. The molecule has 0 fully saturated rings. The highest BCUT2D eigenvalue weighted by Gasteiger charge is 2.38. The lowest BCUT2D eigenvalue weighted by molar-refractivity contribution is -0.153. The van der Waals surface area contributed by atoms with Gasteiger partial charge in [-0.2, -0.15) is 0 Å². The fraction of sp³-hybridized carbons (Fsp3) is 0.769. The molecule has 3 N–H and O–H groups in total. The maximum Gasteiger partial charge on any atom is 0.326 e. The van der Waals surface area contributed by atoms with Crippen LogP contribution < -0.4 is 5.32 Å². The van der Waals surface area contributed by atoms with Gasteiger partial charge in [0.1, 0.15) is 6.04 Å². The number of carbonyl (C=O) groups excluding carboxylic acids is 1. The summed E-state index contributed by atoms with van der Waals surface area (Å²) in [6, 6.07) is -0.993. The molecule has 1 amide bonds. The predicted octanol–water partition coefficient (Wildman–Crippen LogP) is 1.49. The summed E-state index contributed by atoms with van der Waals surface area (Å²) in [5, 5.41) is 20.6. The van der Waals surface area contributed by atoms with E-state index in [1.165, 1.54) is 0 Å². The molecule has 19 heavy (non-hydrogen) atoms. The van der Waals surface area contributed by atoms with Crippen molar-refractivity contribution in [1.29, 1.82) is 0 Å². The number of rotatable bonds is 8. The van der Waals surface area contributed by atoms with Crippen molar-refractivity contribution in [2.75, 3.05) is 0 Å². The Morgan fingerprint density at radius 2 is 1.58 bits per heavy atom. The van der Waals surface area contributed by atoms with Crippen LogP contribution in [0.1, 0.15) is 47.0 Å². The van der Waals surface area contributed by atoms with Gasteiger partial charge in [-0.15, -0.1) is 0 Å². The highest BCUT2D eigenvalue weighted by atomic mass is 16.4. The third kappa shape index (κ3) is 4.54. The summed E-state index contributed by atoms with van der Waals surface area (Å²) in [7, 11) is 0. The molecule has 0 saturated heterocycles. The second kappa shape index (κ2) is 7.11. The summed E-state index contributed by atoms with van der Waals surface area (Å²) >= 11 is 0. The van der Waals surface area contributed by atoms with E-state index in [0.29, 0.717) is 12.8 Å². The SMILES string of the molecule is CCC(CC)(CC(=O)NC(C(=O)O)C(C)C)C(=O)O. The molecule has 1 atom stereocenters. The Labute approximate surface area is 113 Å². The minimum Gasteiger partial charge on any atom is -0.481 e. The van der Waals surface area contributed by atoms with Crippen LogP contribution in [0.2, 0.25) is 0 Å². The highest BCUT2D eigenvalue weighted by molar-refractivity contribution is 5.88. The van der Waals surface area contributed by atoms with Crippen molar-refractivity contribution in [3.8, 4) is 0 Å². The van der Waals surface area contributed by atoms with Gasteiger partial charge in [-0.1, -0.05) is 27.7 Å². The van der Waals surface area contributed by atoms with Gasteiger partial charge in [-0.05, 0) is 18.8 Å². The summed E-state index contributed by atoms with van der Waals surface area (Å²) in [4.78, 5) is 34.1. The molecular formula is C13H23NO5. The molecule has 0 aliphatic heterocycles. The van der Waals surface area contributed by atoms with Gasteiger partial charge >= 0.3 is 11.9 Å². The second-order valence-corrected chi connectivity index (χ2v) is 5.10. The standard InChI is InChI=1S/C13H23NO5/c1-5-13(6-2,12(18)19)7-9(15)14-10(8(3)4)11(16)17/h8,10H,5-7H2,1-4H3,(H,14,15)(H,16,17)(H,18,19). The van der Waals surface area contributed by atoms with Crippen molar-refractivity contribution in [2.45, 2.75) is 53.0 Å². The molecule has 110 valence electrons. The number of hydrogen-bond donors (Lipinski definition) is 3. The van der Waals surface area contributed by atoms with E-state index in [-0.39, 0.29) is 12.3 Å². The Kier molecular flexibility index (Phi) is 6.52. The Morgan fingerprint density at radius 3 is 1.84 bits per heavy atom. The molecule has 6 nitrogen and oxygen atoms in total. The number of amides is 1. The lowest BCUT2D eigenvalue weighted by Gasteiger charge is -2.27. The van der Waals surface area contributed by atoms with Crippen molar-refractivity contribution >= 4 is 17.8 Å². The Hall–Kier alpha value is -1.59. The molecule has 0 aromatic carbocycles. The normalized spacial score (nSPS) is 13.1. The van der Waals surface area contributed by atoms with E-state index in [9.17, 15) is 19.5 Å². The third-order valence-corrected chi connectivity index (χ3v) is 3.56. The number of hydrogen-bond acceptors (Lipinski definition) is 3. The molecule has 0 aliphatic rings. The van der Waals surface area contributed by atoms with Gasteiger partial charge < -0.3 is 15.5 Å². The fourth-order valence-electron chi connectivity index (χ4n) is 1.92. The first kappa shape index (κ1) is 17.4. The van der Waals surface area contributed by atoms with Crippen molar-refractivity contribution in [3.63, 3.8) is 0 Å². The van der Waals surface area contributed by atoms with Crippen LogP contribution in [-0.4, -0.2) is 34.1 Å². The van der Waals surface area contributed by atoms with Gasteiger partial charge in [0.15, 0.2) is 0 Å². The van der Waals surface area contributed by atoms with Gasteiger partial charge in [0.25, 0.3) is 0 Å². The van der Waals surface area contributed by atoms with Crippen LogP contribution in [0, 0.1) is 11.3 Å². The van der Waals surface area contributed by atoms with Crippen LogP contribution >= 0.6 is 0 Å². The zero-order valence-electron chi connectivity index (χ0n) is 11.9. The summed E-state index contributed by atoms with van der Waals surface area (Å²) < 4.78 is 0. The first-order valence-corrected chi connectivity index (χ1v) is 6.45. The van der Waals surface area contributed by atoms with Gasteiger partial charge in [-0.3, -0.25) is 9.59 Å². The van der Waals surface area contributed by atoms with E-state index in [4.69, 9.17) is 5.11 Å². The van der Waals surface area contributed by atoms with E-state index in [0.717, 1.165) is 0 Å². The van der Waals surface area contributed by atoms with Gasteiger partial charge in [0.05, 0.1) is 5.41 Å². The molecule has 0 saturated carbocycles. The van der Waals surface area contributed by atoms with Crippen LogP contribution in [-0.2, 0) is 14.4 Å². The molecule has 0 aromatic rings. The number of carboxylic acids is 2. The van der Waals surface area contributed by atoms with E-state index < -0.39 is 29.3 Å². The van der Waals surface area contributed by atoms with Crippen LogP contribution in [0.25, 0.3) is 0 Å². The lowest BCUT2D eigenvalue weighted by atomic mass is 9.79. The van der Waals surface area contributed by atoms with E-state index >= 15 is 0 Å². The Bertz CT molecular complexity index is 347. The molecule has 0 bridgehead atoms. The van der Waals surface area contributed by atoms with E-state index in [1.54, 1.807) is 27.7 Å². The number of nitrogens with one attached hydrogen (secondary N) is 1. The average molecular weight is 273 g/mol. The zero-order valence-corrected chi connectivity index (χ0v) is 11.9. The van der Waals surface area contributed by atoms with Crippen LogP contribution in [0.5, 0.6) is 0 Å². The molecule has 0 rings (SSSR count). The molecule has 0 aromatic heterocycles.